The molecule has 0 radical (unpaired) electrons. The average molecular weight is 354 g/mol. The second kappa shape index (κ2) is 9.01. The number of carbonyl (C=O) groups excluding carboxylic acids is 2. The van der Waals surface area contributed by atoms with Crippen LogP contribution in [0.25, 0.3) is 0 Å². The highest BCUT2D eigenvalue weighted by Crippen LogP contribution is 2.23. The van der Waals surface area contributed by atoms with Crippen molar-refractivity contribution in [2.24, 2.45) is 5.92 Å². The largest absolute Gasteiger partial charge is 0.456 e. The van der Waals surface area contributed by atoms with Crippen LogP contribution in [-0.4, -0.2) is 29.1 Å². The van der Waals surface area contributed by atoms with Crippen molar-refractivity contribution < 1.29 is 14.3 Å². The number of nitrogens with zero attached hydrogens (tertiary/aromatic N) is 1. The van der Waals surface area contributed by atoms with Crippen LogP contribution in [0.2, 0.25) is 0 Å². The quantitative estimate of drug-likeness (QED) is 0.762. The molecule has 1 N–H and O–H groups in total. The van der Waals surface area contributed by atoms with Crippen molar-refractivity contribution in [2.45, 2.75) is 65.0 Å². The molecule has 7 heteroatoms. The highest BCUT2D eigenvalue weighted by molar-refractivity contribution is 7.07. The zero-order valence-corrected chi connectivity index (χ0v) is 15.2. The summed E-state index contributed by atoms with van der Waals surface area (Å²) in [7, 11) is 0. The molecule has 24 heavy (non-hydrogen) atoms. The number of hydrogen-bond donors (Lipinski definition) is 1. The van der Waals surface area contributed by atoms with Gasteiger partial charge in [-0.1, -0.05) is 31.1 Å². The van der Waals surface area contributed by atoms with Gasteiger partial charge in [-0.3, -0.25) is 14.4 Å². The van der Waals surface area contributed by atoms with Gasteiger partial charge in [0.1, 0.15) is 0 Å². The van der Waals surface area contributed by atoms with Crippen LogP contribution in [0, 0.1) is 12.8 Å². The van der Waals surface area contributed by atoms with Gasteiger partial charge in [0.05, 0.1) is 0 Å². The van der Waals surface area contributed by atoms with E-state index in [-0.39, 0.29) is 29.8 Å². The van der Waals surface area contributed by atoms with Crippen molar-refractivity contribution >= 4 is 23.2 Å². The fourth-order valence-electron chi connectivity index (χ4n) is 3.05. The van der Waals surface area contributed by atoms with E-state index in [0.717, 1.165) is 36.3 Å². The van der Waals surface area contributed by atoms with E-state index in [9.17, 15) is 14.4 Å². The number of amides is 1. The summed E-state index contributed by atoms with van der Waals surface area (Å²) in [5, 5.41) is 4.76. The Labute approximate surface area is 146 Å². The lowest BCUT2D eigenvalue weighted by Gasteiger charge is -2.29. The third-order valence-electron chi connectivity index (χ3n) is 4.56. The van der Waals surface area contributed by atoms with Crippen LogP contribution in [0.1, 0.15) is 51.1 Å². The molecule has 6 nitrogen and oxygen atoms in total. The molecule has 0 spiro atoms. The fourth-order valence-corrected chi connectivity index (χ4v) is 3.81. The maximum Gasteiger partial charge on any atom is 0.307 e. The van der Waals surface area contributed by atoms with Gasteiger partial charge >= 0.3 is 10.8 Å². The maximum atomic E-state index is 11.9. The topological polar surface area (TPSA) is 77.4 Å². The van der Waals surface area contributed by atoms with Crippen molar-refractivity contribution in [2.75, 3.05) is 6.61 Å². The molecule has 0 aliphatic heterocycles. The minimum atomic E-state index is -0.400. The molecule has 0 saturated heterocycles. The van der Waals surface area contributed by atoms with Gasteiger partial charge in [-0.15, -0.1) is 0 Å². The Morgan fingerprint density at radius 2 is 2.12 bits per heavy atom. The third kappa shape index (κ3) is 5.47. The maximum absolute atomic E-state index is 11.9. The zero-order valence-electron chi connectivity index (χ0n) is 14.4. The van der Waals surface area contributed by atoms with E-state index < -0.39 is 5.97 Å². The Hall–Kier alpha value is -1.63. The monoisotopic (exact) mass is 354 g/mol. The molecule has 0 aromatic carbocycles. The van der Waals surface area contributed by atoms with Crippen LogP contribution in [0.15, 0.2) is 10.2 Å². The van der Waals surface area contributed by atoms with Gasteiger partial charge in [0.15, 0.2) is 6.61 Å². The summed E-state index contributed by atoms with van der Waals surface area (Å²) in [6, 6.07) is 0.193. The van der Waals surface area contributed by atoms with E-state index in [4.69, 9.17) is 4.74 Å². The number of esters is 1. The molecular weight excluding hydrogens is 328 g/mol. The van der Waals surface area contributed by atoms with E-state index in [0.29, 0.717) is 18.9 Å². The Morgan fingerprint density at radius 1 is 1.38 bits per heavy atom. The van der Waals surface area contributed by atoms with Crippen LogP contribution in [0.4, 0.5) is 0 Å². The number of aryl methyl sites for hydroxylation is 1. The van der Waals surface area contributed by atoms with E-state index in [1.807, 2.05) is 6.92 Å². The van der Waals surface area contributed by atoms with Gasteiger partial charge in [-0.25, -0.2) is 0 Å². The van der Waals surface area contributed by atoms with E-state index in [1.54, 1.807) is 9.95 Å². The molecule has 1 aromatic rings. The Kier molecular flexibility index (Phi) is 7.02. The van der Waals surface area contributed by atoms with Gasteiger partial charge in [0, 0.05) is 30.1 Å². The Morgan fingerprint density at radius 3 is 2.79 bits per heavy atom. The highest BCUT2D eigenvalue weighted by Gasteiger charge is 2.23. The molecule has 1 aliphatic rings. The molecule has 1 saturated carbocycles. The van der Waals surface area contributed by atoms with E-state index in [2.05, 4.69) is 12.2 Å². The number of nitrogens with one attached hydrogen (secondary N) is 1. The van der Waals surface area contributed by atoms with Crippen molar-refractivity contribution in [1.82, 2.24) is 9.88 Å². The first-order valence-corrected chi connectivity index (χ1v) is 9.45. The number of carbonyl (C=O) groups is 2. The van der Waals surface area contributed by atoms with Gasteiger partial charge in [-0.05, 0) is 32.1 Å². The summed E-state index contributed by atoms with van der Waals surface area (Å²) in [4.78, 5) is 35.1. The smallest absolute Gasteiger partial charge is 0.307 e. The summed E-state index contributed by atoms with van der Waals surface area (Å²) in [6.45, 7) is 4.28. The van der Waals surface area contributed by atoms with Gasteiger partial charge < -0.3 is 14.6 Å². The number of aromatic nitrogens is 1. The van der Waals surface area contributed by atoms with E-state index >= 15 is 0 Å². The minimum Gasteiger partial charge on any atom is -0.456 e. The van der Waals surface area contributed by atoms with Crippen molar-refractivity contribution in [1.29, 1.82) is 0 Å². The van der Waals surface area contributed by atoms with Crippen molar-refractivity contribution in [3.8, 4) is 0 Å². The van der Waals surface area contributed by atoms with Crippen LogP contribution >= 0.6 is 11.3 Å². The minimum absolute atomic E-state index is 0.0122. The average Bonchev–Trinajstić information content (AvgIpc) is 2.87. The SMILES string of the molecule is Cc1csc(=O)n1CCCC(=O)OCC(=O)NC1CCCCC1C. The molecule has 1 aromatic heterocycles. The second-order valence-electron chi connectivity index (χ2n) is 6.49. The molecule has 1 amide bonds. The normalized spacial score (nSPS) is 20.6. The molecule has 0 bridgehead atoms. The summed E-state index contributed by atoms with van der Waals surface area (Å²) < 4.78 is 6.67. The summed E-state index contributed by atoms with van der Waals surface area (Å²) in [5.41, 5.74) is 0.902. The summed E-state index contributed by atoms with van der Waals surface area (Å²) in [6.07, 6.45) is 5.21. The fraction of sp³-hybridized carbons (Fsp3) is 0.706. The first kappa shape index (κ1) is 18.7. The van der Waals surface area contributed by atoms with Gasteiger partial charge in [-0.2, -0.15) is 0 Å². The van der Waals surface area contributed by atoms with Crippen molar-refractivity contribution in [3.63, 3.8) is 0 Å². The first-order valence-electron chi connectivity index (χ1n) is 8.57. The lowest BCUT2D eigenvalue weighted by Crippen LogP contribution is -2.42. The Balaban J connectivity index is 1.64. The molecule has 1 aliphatic carbocycles. The number of hydrogen-bond acceptors (Lipinski definition) is 5. The molecule has 2 atom stereocenters. The summed E-state index contributed by atoms with van der Waals surface area (Å²) >= 11 is 1.16. The van der Waals surface area contributed by atoms with Crippen LogP contribution in [-0.2, 0) is 20.9 Å². The lowest BCUT2D eigenvalue weighted by atomic mass is 9.86. The lowest BCUT2D eigenvalue weighted by molar-refractivity contribution is -0.149. The van der Waals surface area contributed by atoms with Crippen LogP contribution in [0.5, 0.6) is 0 Å². The standard InChI is InChI=1S/C17H26N2O4S/c1-12-6-3-4-7-14(12)18-15(20)10-23-16(21)8-5-9-19-13(2)11-24-17(19)22/h11-12,14H,3-10H2,1-2H3,(H,18,20). The number of ether oxygens (including phenoxy) is 1. The molecule has 2 rings (SSSR count). The predicted octanol–water partition coefficient (Wildman–Crippen LogP) is 2.24. The molecule has 1 heterocycles. The van der Waals surface area contributed by atoms with E-state index in [1.165, 1.54) is 6.42 Å². The molecular formula is C17H26N2O4S. The predicted molar refractivity (Wildman–Crippen MR) is 93.1 cm³/mol. The molecule has 2 unspecified atom stereocenters. The number of rotatable bonds is 7. The van der Waals surface area contributed by atoms with Crippen LogP contribution in [0.3, 0.4) is 0 Å². The number of thiazole rings is 1. The second-order valence-corrected chi connectivity index (χ2v) is 7.32. The highest BCUT2D eigenvalue weighted by atomic mass is 32.1. The Bertz CT molecular complexity index is 622. The van der Waals surface area contributed by atoms with Gasteiger partial charge in [0.2, 0.25) is 0 Å². The summed E-state index contributed by atoms with van der Waals surface area (Å²) in [5.74, 6) is -0.152. The molecule has 134 valence electrons. The molecule has 1 fully saturated rings. The zero-order chi connectivity index (χ0) is 17.5. The van der Waals surface area contributed by atoms with Gasteiger partial charge in [0.25, 0.3) is 5.91 Å². The van der Waals surface area contributed by atoms with Crippen LogP contribution < -0.4 is 10.2 Å². The van der Waals surface area contributed by atoms with Crippen molar-refractivity contribution in [3.05, 3.63) is 20.7 Å². The first-order chi connectivity index (χ1) is 11.5. The third-order valence-corrected chi connectivity index (χ3v) is 5.44.